The Labute approximate surface area is 167 Å². The number of thioether (sulfide) groups is 1. The molecule has 0 aromatic heterocycles. The average Bonchev–Trinajstić information content (AvgIpc) is 2.67. The maximum atomic E-state index is 13.0. The third-order valence-electron chi connectivity index (χ3n) is 4.57. The summed E-state index contributed by atoms with van der Waals surface area (Å²) in [5.74, 6) is 0.0337. The summed E-state index contributed by atoms with van der Waals surface area (Å²) in [5, 5.41) is 0. The summed E-state index contributed by atoms with van der Waals surface area (Å²) in [6.07, 6.45) is 3.89. The van der Waals surface area contributed by atoms with Gasteiger partial charge in [0.25, 0.3) is 5.91 Å². The minimum absolute atomic E-state index is 0.0337. The van der Waals surface area contributed by atoms with E-state index in [1.165, 1.54) is 4.90 Å². The van der Waals surface area contributed by atoms with Gasteiger partial charge in [0, 0.05) is 37.6 Å². The van der Waals surface area contributed by atoms with E-state index in [1.807, 2.05) is 57.4 Å². The van der Waals surface area contributed by atoms with Gasteiger partial charge in [-0.25, -0.2) is 4.99 Å². The zero-order valence-electron chi connectivity index (χ0n) is 17.1. The number of rotatable bonds is 7. The van der Waals surface area contributed by atoms with Gasteiger partial charge in [-0.1, -0.05) is 12.1 Å². The van der Waals surface area contributed by atoms with Crippen molar-refractivity contribution in [1.82, 2.24) is 9.80 Å². The van der Waals surface area contributed by atoms with Gasteiger partial charge >= 0.3 is 0 Å². The van der Waals surface area contributed by atoms with E-state index < -0.39 is 0 Å². The summed E-state index contributed by atoms with van der Waals surface area (Å²) in [4.78, 5) is 22.5. The Morgan fingerprint density at radius 2 is 1.89 bits per heavy atom. The number of carbonyl (C=O) groups excluding carboxylic acids is 1. The molecule has 0 fully saturated rings. The zero-order valence-corrected chi connectivity index (χ0v) is 17.9. The summed E-state index contributed by atoms with van der Waals surface area (Å²) >= 11 is 1.71. The van der Waals surface area contributed by atoms with Crippen LogP contribution in [0, 0.1) is 13.8 Å². The lowest BCUT2D eigenvalue weighted by atomic mass is 10.0. The molecule has 2 aromatic rings. The molecule has 0 N–H and O–H groups in total. The number of benzene rings is 2. The summed E-state index contributed by atoms with van der Waals surface area (Å²) < 4.78 is 0. The van der Waals surface area contributed by atoms with E-state index in [2.05, 4.69) is 36.4 Å². The molecule has 0 atom stereocenters. The van der Waals surface area contributed by atoms with E-state index >= 15 is 0 Å². The largest absolute Gasteiger partial charge is 0.366 e. The minimum Gasteiger partial charge on any atom is -0.366 e. The van der Waals surface area contributed by atoms with Gasteiger partial charge in [0.2, 0.25) is 0 Å². The lowest BCUT2D eigenvalue weighted by Crippen LogP contribution is -2.27. The van der Waals surface area contributed by atoms with Gasteiger partial charge in [-0.15, -0.1) is 11.8 Å². The van der Waals surface area contributed by atoms with Crippen molar-refractivity contribution in [3.63, 3.8) is 0 Å². The Morgan fingerprint density at radius 1 is 1.15 bits per heavy atom. The molecule has 0 unspecified atom stereocenters. The molecule has 5 heteroatoms. The van der Waals surface area contributed by atoms with E-state index in [-0.39, 0.29) is 5.91 Å². The smallest absolute Gasteiger partial charge is 0.254 e. The fourth-order valence-electron chi connectivity index (χ4n) is 2.73. The average molecular weight is 384 g/mol. The highest BCUT2D eigenvalue weighted by atomic mass is 32.2. The summed E-state index contributed by atoms with van der Waals surface area (Å²) in [6.45, 7) is 7.54. The lowest BCUT2D eigenvalue weighted by Gasteiger charge is -2.20. The van der Waals surface area contributed by atoms with Crippen LogP contribution in [0.15, 0.2) is 46.3 Å². The van der Waals surface area contributed by atoms with Crippen molar-refractivity contribution < 1.29 is 4.79 Å². The van der Waals surface area contributed by atoms with Gasteiger partial charge in [-0.05, 0) is 68.0 Å². The molecule has 144 valence electrons. The SMILES string of the molecule is CCN(C)C=Nc1cc(C)c(C(=O)N(C)Cc2cccc(SC)c2)cc1C. The van der Waals surface area contributed by atoms with Gasteiger partial charge in [0.1, 0.15) is 0 Å². The second-order valence-electron chi connectivity index (χ2n) is 6.78. The van der Waals surface area contributed by atoms with Crippen molar-refractivity contribution in [2.45, 2.75) is 32.2 Å². The Kier molecular flexibility index (Phi) is 7.48. The first-order valence-corrected chi connectivity index (χ1v) is 10.3. The minimum atomic E-state index is 0.0337. The Hall–Kier alpha value is -2.27. The van der Waals surface area contributed by atoms with Crippen molar-refractivity contribution in [3.8, 4) is 0 Å². The number of amides is 1. The van der Waals surface area contributed by atoms with Crippen LogP contribution in [0.25, 0.3) is 0 Å². The van der Waals surface area contributed by atoms with Crippen LogP contribution in [0.3, 0.4) is 0 Å². The molecule has 0 aliphatic heterocycles. The fraction of sp³-hybridized carbons (Fsp3) is 0.364. The number of carbonyl (C=O) groups is 1. The molecule has 2 aromatic carbocycles. The first-order valence-electron chi connectivity index (χ1n) is 9.09. The van der Waals surface area contributed by atoms with Crippen molar-refractivity contribution in [2.75, 3.05) is 26.9 Å². The molecular formula is C22H29N3OS. The topological polar surface area (TPSA) is 35.9 Å². The molecule has 1 amide bonds. The van der Waals surface area contributed by atoms with Crippen molar-refractivity contribution in [3.05, 3.63) is 58.7 Å². The van der Waals surface area contributed by atoms with E-state index in [0.717, 1.165) is 34.5 Å². The molecule has 0 aliphatic carbocycles. The summed E-state index contributed by atoms with van der Waals surface area (Å²) in [6, 6.07) is 12.3. The van der Waals surface area contributed by atoms with Crippen LogP contribution in [0.5, 0.6) is 0 Å². The Morgan fingerprint density at radius 3 is 2.56 bits per heavy atom. The van der Waals surface area contributed by atoms with Crippen molar-refractivity contribution in [1.29, 1.82) is 0 Å². The quantitative estimate of drug-likeness (QED) is 0.387. The number of hydrogen-bond acceptors (Lipinski definition) is 3. The van der Waals surface area contributed by atoms with Crippen molar-refractivity contribution >= 4 is 29.7 Å². The molecule has 0 radical (unpaired) electrons. The molecule has 2 rings (SSSR count). The van der Waals surface area contributed by atoms with Crippen LogP contribution in [0.1, 0.15) is 34.0 Å². The van der Waals surface area contributed by atoms with Gasteiger partial charge in [-0.3, -0.25) is 4.79 Å². The van der Waals surface area contributed by atoms with E-state index in [4.69, 9.17) is 0 Å². The van der Waals surface area contributed by atoms with Gasteiger partial charge in [0.15, 0.2) is 0 Å². The van der Waals surface area contributed by atoms with E-state index in [9.17, 15) is 4.79 Å². The normalized spacial score (nSPS) is 11.0. The lowest BCUT2D eigenvalue weighted by molar-refractivity contribution is 0.0784. The fourth-order valence-corrected chi connectivity index (χ4v) is 3.22. The molecule has 0 heterocycles. The van der Waals surface area contributed by atoms with Crippen LogP contribution in [0.4, 0.5) is 5.69 Å². The number of aryl methyl sites for hydroxylation is 2. The van der Waals surface area contributed by atoms with Crippen molar-refractivity contribution in [2.24, 2.45) is 4.99 Å². The van der Waals surface area contributed by atoms with Crippen LogP contribution >= 0.6 is 11.8 Å². The third kappa shape index (κ3) is 5.60. The number of hydrogen-bond donors (Lipinski definition) is 0. The second-order valence-corrected chi connectivity index (χ2v) is 7.66. The standard InChI is InChI=1S/C22H29N3OS/c1-7-24(4)15-23-21-12-16(2)20(11-17(21)3)22(26)25(5)14-18-9-8-10-19(13-18)27-6/h8-13,15H,7,14H2,1-6H3. The Bertz CT molecular complexity index is 832. The van der Waals surface area contributed by atoms with Crippen LogP contribution in [0.2, 0.25) is 0 Å². The van der Waals surface area contributed by atoms with Crippen LogP contribution < -0.4 is 0 Å². The molecule has 27 heavy (non-hydrogen) atoms. The molecular weight excluding hydrogens is 354 g/mol. The van der Waals surface area contributed by atoms with Gasteiger partial charge < -0.3 is 9.80 Å². The molecule has 0 spiro atoms. The summed E-state index contributed by atoms with van der Waals surface area (Å²) in [7, 11) is 3.84. The van der Waals surface area contributed by atoms with Gasteiger partial charge in [0.05, 0.1) is 12.0 Å². The number of aliphatic imine (C=N–C) groups is 1. The highest BCUT2D eigenvalue weighted by Gasteiger charge is 2.16. The van der Waals surface area contributed by atoms with E-state index in [1.54, 1.807) is 16.7 Å². The maximum absolute atomic E-state index is 13.0. The highest BCUT2D eigenvalue weighted by molar-refractivity contribution is 7.98. The highest BCUT2D eigenvalue weighted by Crippen LogP contribution is 2.25. The van der Waals surface area contributed by atoms with Crippen LogP contribution in [-0.4, -0.2) is 48.9 Å². The van der Waals surface area contributed by atoms with E-state index in [0.29, 0.717) is 6.54 Å². The molecule has 4 nitrogen and oxygen atoms in total. The molecule has 0 saturated carbocycles. The molecule has 0 aliphatic rings. The first kappa shape index (κ1) is 21.0. The van der Waals surface area contributed by atoms with Gasteiger partial charge in [-0.2, -0.15) is 0 Å². The van der Waals surface area contributed by atoms with Crippen LogP contribution in [-0.2, 0) is 6.54 Å². The number of nitrogens with zero attached hydrogens (tertiary/aromatic N) is 3. The summed E-state index contributed by atoms with van der Waals surface area (Å²) in [5.41, 5.74) is 4.72. The molecule has 0 bridgehead atoms. The predicted molar refractivity (Wildman–Crippen MR) is 116 cm³/mol. The molecule has 0 saturated heterocycles. The zero-order chi connectivity index (χ0) is 20.0. The second kappa shape index (κ2) is 9.60. The first-order chi connectivity index (χ1) is 12.8. The third-order valence-corrected chi connectivity index (χ3v) is 5.29. The Balaban J connectivity index is 2.19. The predicted octanol–water partition coefficient (Wildman–Crippen LogP) is 4.91. The monoisotopic (exact) mass is 383 g/mol. The maximum Gasteiger partial charge on any atom is 0.254 e.